The van der Waals surface area contributed by atoms with Crippen molar-refractivity contribution in [3.05, 3.63) is 65.5 Å². The molecule has 2 aromatic rings. The number of hydrogen-bond acceptors (Lipinski definition) is 3. The van der Waals surface area contributed by atoms with Gasteiger partial charge in [-0.25, -0.2) is 0 Å². The third-order valence-corrected chi connectivity index (χ3v) is 3.55. The van der Waals surface area contributed by atoms with E-state index in [4.69, 9.17) is 5.73 Å². The Kier molecular flexibility index (Phi) is 5.27. The number of rotatable bonds is 6. The van der Waals surface area contributed by atoms with E-state index in [0.29, 0.717) is 0 Å². The van der Waals surface area contributed by atoms with Gasteiger partial charge in [0.15, 0.2) is 0 Å². The van der Waals surface area contributed by atoms with Crippen molar-refractivity contribution in [1.82, 2.24) is 9.88 Å². The standard InChI is InChI=1S/C17H23N3/c1-14-3-5-16(6-4-14)17(18)13-20(2)12-9-15-7-10-19-11-8-15/h3-8,10-11,17H,9,12-13,18H2,1-2H3. The van der Waals surface area contributed by atoms with Gasteiger partial charge in [0, 0.05) is 31.5 Å². The van der Waals surface area contributed by atoms with Crippen LogP contribution in [0, 0.1) is 6.92 Å². The second kappa shape index (κ2) is 7.17. The molecule has 0 spiro atoms. The van der Waals surface area contributed by atoms with Crippen LogP contribution >= 0.6 is 0 Å². The summed E-state index contributed by atoms with van der Waals surface area (Å²) < 4.78 is 0. The Hall–Kier alpha value is -1.71. The third-order valence-electron chi connectivity index (χ3n) is 3.55. The van der Waals surface area contributed by atoms with Gasteiger partial charge in [0.2, 0.25) is 0 Å². The van der Waals surface area contributed by atoms with Gasteiger partial charge in [-0.1, -0.05) is 29.8 Å². The van der Waals surface area contributed by atoms with Crippen LogP contribution in [-0.4, -0.2) is 30.0 Å². The van der Waals surface area contributed by atoms with E-state index < -0.39 is 0 Å². The number of aromatic nitrogens is 1. The van der Waals surface area contributed by atoms with Crippen molar-refractivity contribution < 1.29 is 0 Å². The third kappa shape index (κ3) is 4.44. The Labute approximate surface area is 121 Å². The second-order valence-corrected chi connectivity index (χ2v) is 5.38. The average molecular weight is 269 g/mol. The topological polar surface area (TPSA) is 42.1 Å². The highest BCUT2D eigenvalue weighted by molar-refractivity contribution is 5.24. The Morgan fingerprint density at radius 2 is 1.75 bits per heavy atom. The van der Waals surface area contributed by atoms with Crippen LogP contribution in [0.5, 0.6) is 0 Å². The van der Waals surface area contributed by atoms with E-state index in [1.807, 2.05) is 12.4 Å². The smallest absolute Gasteiger partial charge is 0.0424 e. The molecule has 1 aromatic carbocycles. The molecule has 106 valence electrons. The van der Waals surface area contributed by atoms with E-state index in [9.17, 15) is 0 Å². The maximum absolute atomic E-state index is 6.26. The van der Waals surface area contributed by atoms with Gasteiger partial charge >= 0.3 is 0 Å². The first-order valence-corrected chi connectivity index (χ1v) is 7.05. The van der Waals surface area contributed by atoms with Gasteiger partial charge in [0.1, 0.15) is 0 Å². The molecule has 2 N–H and O–H groups in total. The molecule has 0 aliphatic rings. The first-order valence-electron chi connectivity index (χ1n) is 7.05. The SMILES string of the molecule is Cc1ccc(C(N)CN(C)CCc2ccncc2)cc1. The highest BCUT2D eigenvalue weighted by Crippen LogP contribution is 2.12. The van der Waals surface area contributed by atoms with Crippen molar-refractivity contribution in [3.63, 3.8) is 0 Å². The number of benzene rings is 1. The lowest BCUT2D eigenvalue weighted by molar-refractivity contribution is 0.316. The van der Waals surface area contributed by atoms with Crippen LogP contribution in [0.3, 0.4) is 0 Å². The number of pyridine rings is 1. The van der Waals surface area contributed by atoms with E-state index in [-0.39, 0.29) is 6.04 Å². The summed E-state index contributed by atoms with van der Waals surface area (Å²) in [7, 11) is 2.12. The summed E-state index contributed by atoms with van der Waals surface area (Å²) in [6.07, 6.45) is 4.71. The Balaban J connectivity index is 1.82. The molecule has 0 saturated carbocycles. The van der Waals surface area contributed by atoms with Crippen molar-refractivity contribution in [3.8, 4) is 0 Å². The van der Waals surface area contributed by atoms with Crippen LogP contribution in [0.4, 0.5) is 0 Å². The molecule has 0 aliphatic carbocycles. The molecule has 1 unspecified atom stereocenters. The molecule has 0 saturated heterocycles. The Morgan fingerprint density at radius 3 is 2.40 bits per heavy atom. The van der Waals surface area contributed by atoms with Gasteiger partial charge in [-0.15, -0.1) is 0 Å². The predicted molar refractivity (Wildman–Crippen MR) is 83.5 cm³/mol. The summed E-state index contributed by atoms with van der Waals surface area (Å²) in [6.45, 7) is 3.97. The zero-order valence-electron chi connectivity index (χ0n) is 12.3. The molecule has 1 aromatic heterocycles. The van der Waals surface area contributed by atoms with Gasteiger partial charge in [-0.3, -0.25) is 4.98 Å². The van der Waals surface area contributed by atoms with E-state index >= 15 is 0 Å². The van der Waals surface area contributed by atoms with Crippen LogP contribution in [0.2, 0.25) is 0 Å². The molecule has 0 bridgehead atoms. The minimum absolute atomic E-state index is 0.0676. The van der Waals surface area contributed by atoms with E-state index in [0.717, 1.165) is 19.5 Å². The molecule has 20 heavy (non-hydrogen) atoms. The average Bonchev–Trinajstić information content (AvgIpc) is 2.47. The van der Waals surface area contributed by atoms with E-state index in [1.54, 1.807) is 0 Å². The predicted octanol–water partition coefficient (Wildman–Crippen LogP) is 2.56. The van der Waals surface area contributed by atoms with Gasteiger partial charge in [-0.2, -0.15) is 0 Å². The summed E-state index contributed by atoms with van der Waals surface area (Å²) in [5, 5.41) is 0. The number of hydrogen-bond donors (Lipinski definition) is 1. The fraction of sp³-hybridized carbons (Fsp3) is 0.353. The quantitative estimate of drug-likeness (QED) is 0.876. The number of nitrogens with zero attached hydrogens (tertiary/aromatic N) is 2. The summed E-state index contributed by atoms with van der Waals surface area (Å²) in [6, 6.07) is 12.7. The lowest BCUT2D eigenvalue weighted by atomic mass is 10.1. The van der Waals surface area contributed by atoms with Crippen LogP contribution in [-0.2, 0) is 6.42 Å². The van der Waals surface area contributed by atoms with Gasteiger partial charge in [0.05, 0.1) is 0 Å². The van der Waals surface area contributed by atoms with Crippen molar-refractivity contribution in [2.24, 2.45) is 5.73 Å². The lowest BCUT2D eigenvalue weighted by Gasteiger charge is -2.21. The Morgan fingerprint density at radius 1 is 1.10 bits per heavy atom. The zero-order valence-corrected chi connectivity index (χ0v) is 12.3. The molecule has 0 amide bonds. The molecular formula is C17H23N3. The summed E-state index contributed by atoms with van der Waals surface area (Å²) in [4.78, 5) is 6.32. The van der Waals surface area contributed by atoms with Crippen molar-refractivity contribution >= 4 is 0 Å². The highest BCUT2D eigenvalue weighted by atomic mass is 15.1. The number of aryl methyl sites for hydroxylation is 1. The molecule has 0 fully saturated rings. The summed E-state index contributed by atoms with van der Waals surface area (Å²) in [5.74, 6) is 0. The van der Waals surface area contributed by atoms with Gasteiger partial charge in [0.25, 0.3) is 0 Å². The number of likely N-dealkylation sites (N-methyl/N-ethyl adjacent to an activating group) is 1. The summed E-state index contributed by atoms with van der Waals surface area (Å²) >= 11 is 0. The highest BCUT2D eigenvalue weighted by Gasteiger charge is 2.09. The second-order valence-electron chi connectivity index (χ2n) is 5.38. The molecule has 2 rings (SSSR count). The van der Waals surface area contributed by atoms with Crippen molar-refractivity contribution in [2.45, 2.75) is 19.4 Å². The lowest BCUT2D eigenvalue weighted by Crippen LogP contribution is -2.30. The van der Waals surface area contributed by atoms with Gasteiger partial charge in [-0.05, 0) is 43.7 Å². The van der Waals surface area contributed by atoms with Crippen molar-refractivity contribution in [2.75, 3.05) is 20.1 Å². The number of nitrogens with two attached hydrogens (primary N) is 1. The van der Waals surface area contributed by atoms with Gasteiger partial charge < -0.3 is 10.6 Å². The molecule has 0 aliphatic heterocycles. The molecular weight excluding hydrogens is 246 g/mol. The molecule has 1 atom stereocenters. The first kappa shape index (κ1) is 14.7. The monoisotopic (exact) mass is 269 g/mol. The molecule has 0 radical (unpaired) electrons. The molecule has 1 heterocycles. The van der Waals surface area contributed by atoms with Crippen LogP contribution < -0.4 is 5.73 Å². The normalized spacial score (nSPS) is 12.6. The maximum atomic E-state index is 6.26. The van der Waals surface area contributed by atoms with Crippen LogP contribution in [0.15, 0.2) is 48.8 Å². The Bertz CT molecular complexity index is 508. The largest absolute Gasteiger partial charge is 0.323 e. The maximum Gasteiger partial charge on any atom is 0.0424 e. The molecule has 3 heteroatoms. The van der Waals surface area contributed by atoms with Crippen LogP contribution in [0.25, 0.3) is 0 Å². The van der Waals surface area contributed by atoms with Crippen LogP contribution in [0.1, 0.15) is 22.7 Å². The zero-order chi connectivity index (χ0) is 14.4. The minimum atomic E-state index is 0.0676. The summed E-state index contributed by atoms with van der Waals surface area (Å²) in [5.41, 5.74) is 10.0. The first-order chi connectivity index (χ1) is 9.65. The van der Waals surface area contributed by atoms with Crippen molar-refractivity contribution in [1.29, 1.82) is 0 Å². The fourth-order valence-electron chi connectivity index (χ4n) is 2.22. The minimum Gasteiger partial charge on any atom is -0.323 e. The fourth-order valence-corrected chi connectivity index (χ4v) is 2.22. The van der Waals surface area contributed by atoms with E-state index in [1.165, 1.54) is 16.7 Å². The molecule has 3 nitrogen and oxygen atoms in total. The van der Waals surface area contributed by atoms with E-state index in [2.05, 4.69) is 60.3 Å².